The third-order valence-electron chi connectivity index (χ3n) is 4.69. The summed E-state index contributed by atoms with van der Waals surface area (Å²) >= 11 is 5.87. The van der Waals surface area contributed by atoms with Gasteiger partial charge in [0.1, 0.15) is 17.6 Å². The van der Waals surface area contributed by atoms with E-state index in [4.69, 9.17) is 11.6 Å². The Morgan fingerprint density at radius 1 is 1.21 bits per heavy atom. The first kappa shape index (κ1) is 18.3. The van der Waals surface area contributed by atoms with E-state index in [2.05, 4.69) is 15.3 Å². The van der Waals surface area contributed by atoms with Crippen LogP contribution in [0.15, 0.2) is 53.6 Å². The van der Waals surface area contributed by atoms with Gasteiger partial charge >= 0.3 is 0 Å². The summed E-state index contributed by atoms with van der Waals surface area (Å²) in [4.78, 5) is 32.5. The average molecular weight is 395 g/mol. The number of fused-ring (bicyclic) bond motifs is 3. The summed E-state index contributed by atoms with van der Waals surface area (Å²) in [6.45, 7) is 2.40. The molecule has 7 heteroatoms. The van der Waals surface area contributed by atoms with Crippen molar-refractivity contribution >= 4 is 39.4 Å². The molecule has 2 aromatic carbocycles. The lowest BCUT2D eigenvalue weighted by Crippen LogP contribution is -2.33. The van der Waals surface area contributed by atoms with Gasteiger partial charge in [-0.2, -0.15) is 0 Å². The second-order valence-corrected chi connectivity index (χ2v) is 7.24. The van der Waals surface area contributed by atoms with Crippen LogP contribution >= 0.6 is 11.6 Å². The quantitative estimate of drug-likeness (QED) is 0.545. The number of carbonyl (C=O) groups is 1. The van der Waals surface area contributed by atoms with E-state index in [1.165, 1.54) is 10.9 Å². The zero-order valence-corrected chi connectivity index (χ0v) is 16.1. The number of rotatable bonds is 5. The lowest BCUT2D eigenvalue weighted by Gasteiger charge is -2.07. The Bertz CT molecular complexity index is 1230. The molecule has 2 aromatic heterocycles. The van der Waals surface area contributed by atoms with E-state index in [1.807, 2.05) is 49.4 Å². The summed E-state index contributed by atoms with van der Waals surface area (Å²) in [5.74, 6) is -0.232. The molecular formula is C21H19ClN4O2. The van der Waals surface area contributed by atoms with E-state index in [0.29, 0.717) is 29.0 Å². The normalized spacial score (nSPS) is 11.2. The van der Waals surface area contributed by atoms with E-state index >= 15 is 0 Å². The first-order valence-electron chi connectivity index (χ1n) is 9.00. The number of halogens is 1. The van der Waals surface area contributed by atoms with Crippen LogP contribution in [-0.4, -0.2) is 27.0 Å². The van der Waals surface area contributed by atoms with Gasteiger partial charge in [-0.1, -0.05) is 35.4 Å². The molecular weight excluding hydrogens is 376 g/mol. The van der Waals surface area contributed by atoms with Crippen molar-refractivity contribution in [3.8, 4) is 0 Å². The highest BCUT2D eigenvalue weighted by Crippen LogP contribution is 2.22. The second kappa shape index (κ2) is 7.48. The van der Waals surface area contributed by atoms with Crippen LogP contribution in [0.5, 0.6) is 0 Å². The Morgan fingerprint density at radius 2 is 2.00 bits per heavy atom. The molecule has 28 heavy (non-hydrogen) atoms. The van der Waals surface area contributed by atoms with Crippen LogP contribution in [0.2, 0.25) is 5.02 Å². The molecule has 0 fully saturated rings. The lowest BCUT2D eigenvalue weighted by molar-refractivity contribution is -0.121. The van der Waals surface area contributed by atoms with Gasteiger partial charge in [-0.15, -0.1) is 0 Å². The standard InChI is InChI=1S/C21H19ClN4O2/c1-13-2-7-17-16(10-13)19-20(25-17)21(28)26(12-24-19)11-18(27)23-9-8-14-3-5-15(22)6-4-14/h2-7,10,12,25H,8-9,11H2,1H3,(H,23,27). The number of nitrogens with zero attached hydrogens (tertiary/aromatic N) is 2. The number of benzene rings is 2. The predicted molar refractivity (Wildman–Crippen MR) is 111 cm³/mol. The molecule has 0 aliphatic carbocycles. The summed E-state index contributed by atoms with van der Waals surface area (Å²) < 4.78 is 1.32. The van der Waals surface area contributed by atoms with Crippen molar-refractivity contribution in [2.45, 2.75) is 19.9 Å². The SMILES string of the molecule is Cc1ccc2[nH]c3c(=O)n(CC(=O)NCCc4ccc(Cl)cc4)cnc3c2c1. The number of amides is 1. The highest BCUT2D eigenvalue weighted by molar-refractivity contribution is 6.30. The minimum absolute atomic E-state index is 0.0726. The van der Waals surface area contributed by atoms with Gasteiger partial charge in [-0.3, -0.25) is 14.2 Å². The van der Waals surface area contributed by atoms with Crippen LogP contribution in [0.4, 0.5) is 0 Å². The highest BCUT2D eigenvalue weighted by atomic mass is 35.5. The topological polar surface area (TPSA) is 79.8 Å². The van der Waals surface area contributed by atoms with E-state index in [1.54, 1.807) is 0 Å². The van der Waals surface area contributed by atoms with Crippen molar-refractivity contribution in [3.05, 3.63) is 75.3 Å². The van der Waals surface area contributed by atoms with Crippen LogP contribution in [0.3, 0.4) is 0 Å². The molecule has 0 atom stereocenters. The first-order chi connectivity index (χ1) is 13.5. The zero-order chi connectivity index (χ0) is 19.7. The molecule has 0 aliphatic rings. The number of H-pyrrole nitrogens is 1. The summed E-state index contributed by atoms with van der Waals surface area (Å²) in [6.07, 6.45) is 2.12. The molecule has 142 valence electrons. The monoisotopic (exact) mass is 394 g/mol. The molecule has 4 aromatic rings. The fourth-order valence-electron chi connectivity index (χ4n) is 3.22. The number of aromatic amines is 1. The highest BCUT2D eigenvalue weighted by Gasteiger charge is 2.12. The minimum atomic E-state index is -0.258. The summed E-state index contributed by atoms with van der Waals surface area (Å²) in [6, 6.07) is 13.4. The molecule has 0 aliphatic heterocycles. The smallest absolute Gasteiger partial charge is 0.278 e. The van der Waals surface area contributed by atoms with Gasteiger partial charge in [0, 0.05) is 22.5 Å². The summed E-state index contributed by atoms with van der Waals surface area (Å²) in [5.41, 5.74) is 3.82. The molecule has 0 unspecified atom stereocenters. The number of nitrogens with one attached hydrogen (secondary N) is 2. The molecule has 2 heterocycles. The predicted octanol–water partition coefficient (Wildman–Crippen LogP) is 3.20. The maximum Gasteiger partial charge on any atom is 0.278 e. The average Bonchev–Trinajstić information content (AvgIpc) is 3.04. The van der Waals surface area contributed by atoms with Crippen molar-refractivity contribution in [2.75, 3.05) is 6.54 Å². The molecule has 0 radical (unpaired) electrons. The largest absolute Gasteiger partial charge is 0.354 e. The fourth-order valence-corrected chi connectivity index (χ4v) is 3.35. The number of hydrogen-bond acceptors (Lipinski definition) is 3. The van der Waals surface area contributed by atoms with E-state index < -0.39 is 0 Å². The molecule has 1 amide bonds. The van der Waals surface area contributed by atoms with E-state index in [0.717, 1.165) is 22.0 Å². The number of aryl methyl sites for hydroxylation is 1. The van der Waals surface area contributed by atoms with Gasteiger partial charge in [0.05, 0.1) is 6.33 Å². The number of carbonyl (C=O) groups excluding carboxylic acids is 1. The van der Waals surface area contributed by atoms with Gasteiger partial charge < -0.3 is 10.3 Å². The Kier molecular flexibility index (Phi) is 4.88. The van der Waals surface area contributed by atoms with Crippen LogP contribution in [0.1, 0.15) is 11.1 Å². The zero-order valence-electron chi connectivity index (χ0n) is 15.3. The Morgan fingerprint density at radius 3 is 2.79 bits per heavy atom. The van der Waals surface area contributed by atoms with Crippen molar-refractivity contribution in [1.82, 2.24) is 19.9 Å². The Balaban J connectivity index is 1.47. The third-order valence-corrected chi connectivity index (χ3v) is 4.94. The minimum Gasteiger partial charge on any atom is -0.354 e. The van der Waals surface area contributed by atoms with Crippen LogP contribution in [0, 0.1) is 6.92 Å². The Hall–Kier alpha value is -3.12. The lowest BCUT2D eigenvalue weighted by atomic mass is 10.1. The molecule has 0 saturated carbocycles. The van der Waals surface area contributed by atoms with Crippen molar-refractivity contribution < 1.29 is 4.79 Å². The van der Waals surface area contributed by atoms with Gasteiger partial charge in [0.15, 0.2) is 0 Å². The van der Waals surface area contributed by atoms with Gasteiger partial charge in [0.2, 0.25) is 5.91 Å². The maximum atomic E-state index is 12.7. The number of hydrogen-bond donors (Lipinski definition) is 2. The molecule has 4 rings (SSSR count). The molecule has 0 spiro atoms. The summed E-state index contributed by atoms with van der Waals surface area (Å²) in [5, 5.41) is 4.43. The van der Waals surface area contributed by atoms with Crippen molar-refractivity contribution in [3.63, 3.8) is 0 Å². The first-order valence-corrected chi connectivity index (χ1v) is 9.38. The van der Waals surface area contributed by atoms with E-state index in [9.17, 15) is 9.59 Å². The molecule has 2 N–H and O–H groups in total. The van der Waals surface area contributed by atoms with Crippen LogP contribution in [-0.2, 0) is 17.8 Å². The molecule has 6 nitrogen and oxygen atoms in total. The van der Waals surface area contributed by atoms with Gasteiger partial charge in [-0.25, -0.2) is 4.98 Å². The third kappa shape index (κ3) is 3.64. The number of aromatic nitrogens is 3. The van der Waals surface area contributed by atoms with Crippen molar-refractivity contribution in [2.24, 2.45) is 0 Å². The Labute approximate surface area is 166 Å². The fraction of sp³-hybridized carbons (Fsp3) is 0.190. The molecule has 0 saturated heterocycles. The van der Waals surface area contributed by atoms with Crippen molar-refractivity contribution in [1.29, 1.82) is 0 Å². The molecule has 0 bridgehead atoms. The van der Waals surface area contributed by atoms with Gasteiger partial charge in [0.25, 0.3) is 5.56 Å². The van der Waals surface area contributed by atoms with E-state index in [-0.39, 0.29) is 18.0 Å². The van der Waals surface area contributed by atoms with Crippen LogP contribution in [0.25, 0.3) is 21.9 Å². The second-order valence-electron chi connectivity index (χ2n) is 6.80. The summed E-state index contributed by atoms with van der Waals surface area (Å²) in [7, 11) is 0. The van der Waals surface area contributed by atoms with Gasteiger partial charge in [-0.05, 0) is 43.2 Å². The van der Waals surface area contributed by atoms with Crippen LogP contribution < -0.4 is 10.9 Å². The maximum absolute atomic E-state index is 12.7.